The summed E-state index contributed by atoms with van der Waals surface area (Å²) in [6, 6.07) is 7.57. The van der Waals surface area contributed by atoms with Gasteiger partial charge in [-0.05, 0) is 44.7 Å². The molecule has 0 saturated heterocycles. The molecule has 5 heteroatoms. The molecule has 0 heterocycles. The van der Waals surface area contributed by atoms with Gasteiger partial charge in [0.2, 0.25) is 0 Å². The van der Waals surface area contributed by atoms with Gasteiger partial charge in [-0.25, -0.2) is 0 Å². The molecular weight excluding hydrogens is 336 g/mol. The van der Waals surface area contributed by atoms with Crippen LogP contribution in [0.2, 0.25) is 0 Å². The van der Waals surface area contributed by atoms with Crippen LogP contribution in [0.1, 0.15) is 52.0 Å². The molecule has 140 valence electrons. The Morgan fingerprint density at radius 3 is 2.52 bits per heavy atom. The zero-order chi connectivity index (χ0) is 18.6. The minimum absolute atomic E-state index is 0.0836. The highest BCUT2D eigenvalue weighted by Crippen LogP contribution is 2.42. The molecule has 0 amide bonds. The van der Waals surface area contributed by atoms with Crippen LogP contribution < -0.4 is 0 Å². The lowest BCUT2D eigenvalue weighted by atomic mass is 9.71. The molecule has 0 spiro atoms. The average Bonchev–Trinajstić information content (AvgIpc) is 2.55. The molecule has 1 aromatic carbocycles. The molecule has 0 aromatic heterocycles. The third kappa shape index (κ3) is 4.32. The molecule has 1 aliphatic carbocycles. The summed E-state index contributed by atoms with van der Waals surface area (Å²) < 4.78 is 18.5. The minimum atomic E-state index is -1.36. The lowest BCUT2D eigenvalue weighted by Crippen LogP contribution is -2.57. The molecule has 1 fully saturated rings. The van der Waals surface area contributed by atoms with E-state index in [-0.39, 0.29) is 18.5 Å². The summed E-state index contributed by atoms with van der Waals surface area (Å²) in [5, 5.41) is 11.1. The number of aryl methyl sites for hydroxylation is 1. The molecule has 25 heavy (non-hydrogen) atoms. The summed E-state index contributed by atoms with van der Waals surface area (Å²) in [6.45, 7) is 7.87. The summed E-state index contributed by atoms with van der Waals surface area (Å²) in [6.07, 6.45) is 2.88. The third-order valence-corrected chi connectivity index (χ3v) is 7.01. The maximum absolute atomic E-state index is 13.2. The number of esters is 1. The SMILES string of the molecule is CCOC(=O)C(C(C)C)C1(O)CCCCC1S(=O)c1ccc(C)cc1. The highest BCUT2D eigenvalue weighted by Gasteiger charge is 2.52. The van der Waals surface area contributed by atoms with E-state index in [1.165, 1.54) is 0 Å². The van der Waals surface area contributed by atoms with E-state index in [4.69, 9.17) is 4.74 Å². The van der Waals surface area contributed by atoms with Crippen molar-refractivity contribution in [2.45, 2.75) is 69.1 Å². The van der Waals surface area contributed by atoms with Gasteiger partial charge in [-0.2, -0.15) is 0 Å². The second kappa shape index (κ2) is 8.45. The molecule has 4 unspecified atom stereocenters. The molecule has 0 aliphatic heterocycles. The largest absolute Gasteiger partial charge is 0.466 e. The van der Waals surface area contributed by atoms with Crippen molar-refractivity contribution in [2.75, 3.05) is 6.61 Å². The second-order valence-corrected chi connectivity index (χ2v) is 8.95. The van der Waals surface area contributed by atoms with E-state index in [0.717, 1.165) is 18.4 Å². The van der Waals surface area contributed by atoms with E-state index in [1.54, 1.807) is 6.92 Å². The van der Waals surface area contributed by atoms with Gasteiger partial charge in [-0.15, -0.1) is 0 Å². The van der Waals surface area contributed by atoms with E-state index in [0.29, 0.717) is 17.7 Å². The number of ether oxygens (including phenoxy) is 1. The highest BCUT2D eigenvalue weighted by atomic mass is 32.2. The number of benzene rings is 1. The Morgan fingerprint density at radius 1 is 1.32 bits per heavy atom. The first kappa shape index (κ1) is 20.1. The zero-order valence-corrected chi connectivity index (χ0v) is 16.5. The van der Waals surface area contributed by atoms with E-state index in [9.17, 15) is 14.1 Å². The Labute approximate surface area is 153 Å². The van der Waals surface area contributed by atoms with Gasteiger partial charge in [0.25, 0.3) is 0 Å². The summed E-state index contributed by atoms with van der Waals surface area (Å²) in [5.41, 5.74) is -0.194. The Hall–Kier alpha value is -1.20. The Bertz CT molecular complexity index is 611. The summed E-state index contributed by atoms with van der Waals surface area (Å²) >= 11 is 0. The smallest absolute Gasteiger partial charge is 0.312 e. The van der Waals surface area contributed by atoms with Crippen LogP contribution in [0.15, 0.2) is 29.2 Å². The molecule has 0 bridgehead atoms. The van der Waals surface area contributed by atoms with Crippen LogP contribution in [0.25, 0.3) is 0 Å². The van der Waals surface area contributed by atoms with Crippen molar-refractivity contribution in [1.29, 1.82) is 0 Å². The number of hydrogen-bond donors (Lipinski definition) is 1. The molecule has 1 N–H and O–H groups in total. The van der Waals surface area contributed by atoms with Crippen LogP contribution in [0, 0.1) is 18.8 Å². The predicted molar refractivity (Wildman–Crippen MR) is 99.8 cm³/mol. The van der Waals surface area contributed by atoms with Gasteiger partial charge in [-0.3, -0.25) is 9.00 Å². The lowest BCUT2D eigenvalue weighted by Gasteiger charge is -2.45. The number of carbonyl (C=O) groups is 1. The third-order valence-electron chi connectivity index (χ3n) is 5.11. The molecule has 2 rings (SSSR count). The summed E-state index contributed by atoms with van der Waals surface area (Å²) in [5.74, 6) is -1.13. The number of carbonyl (C=O) groups excluding carboxylic acids is 1. The number of rotatable bonds is 6. The monoisotopic (exact) mass is 366 g/mol. The molecule has 0 radical (unpaired) electrons. The Morgan fingerprint density at radius 2 is 1.96 bits per heavy atom. The van der Waals surface area contributed by atoms with Crippen molar-refractivity contribution in [3.63, 3.8) is 0 Å². The first-order valence-corrected chi connectivity index (χ1v) is 10.4. The van der Waals surface area contributed by atoms with Gasteiger partial charge in [0, 0.05) is 4.90 Å². The van der Waals surface area contributed by atoms with E-state index in [2.05, 4.69) is 0 Å². The number of aliphatic hydroxyl groups is 1. The van der Waals surface area contributed by atoms with E-state index >= 15 is 0 Å². The van der Waals surface area contributed by atoms with Crippen molar-refractivity contribution < 1.29 is 18.8 Å². The predicted octanol–water partition coefficient (Wildman–Crippen LogP) is 3.61. The van der Waals surface area contributed by atoms with Crippen molar-refractivity contribution >= 4 is 16.8 Å². The van der Waals surface area contributed by atoms with Gasteiger partial charge < -0.3 is 9.84 Å². The van der Waals surface area contributed by atoms with Gasteiger partial charge in [-0.1, -0.05) is 44.4 Å². The second-order valence-electron chi connectivity index (χ2n) is 7.31. The maximum Gasteiger partial charge on any atom is 0.312 e. The van der Waals surface area contributed by atoms with Crippen LogP contribution in [-0.2, 0) is 20.3 Å². The first-order valence-electron chi connectivity index (χ1n) is 9.17. The van der Waals surface area contributed by atoms with Gasteiger partial charge in [0.05, 0.1) is 34.2 Å². The van der Waals surface area contributed by atoms with Crippen molar-refractivity contribution in [3.8, 4) is 0 Å². The standard InChI is InChI=1S/C20H30O4S/c1-5-24-19(21)18(14(2)3)20(22)13-7-6-8-17(20)25(23)16-11-9-15(4)10-12-16/h9-12,14,17-18,22H,5-8,13H2,1-4H3. The van der Waals surface area contributed by atoms with Crippen LogP contribution in [0.4, 0.5) is 0 Å². The molecule has 1 aliphatic rings. The molecular formula is C20H30O4S. The van der Waals surface area contributed by atoms with Crippen LogP contribution in [0.5, 0.6) is 0 Å². The van der Waals surface area contributed by atoms with Gasteiger partial charge in [0.15, 0.2) is 0 Å². The summed E-state index contributed by atoms with van der Waals surface area (Å²) in [7, 11) is -1.36. The fourth-order valence-electron chi connectivity index (χ4n) is 3.92. The van der Waals surface area contributed by atoms with Gasteiger partial charge in [0.1, 0.15) is 0 Å². The maximum atomic E-state index is 13.2. The highest BCUT2D eigenvalue weighted by molar-refractivity contribution is 7.85. The van der Waals surface area contributed by atoms with Crippen LogP contribution in [0.3, 0.4) is 0 Å². The fourth-order valence-corrected chi connectivity index (χ4v) is 5.67. The molecule has 1 aromatic rings. The fraction of sp³-hybridized carbons (Fsp3) is 0.650. The van der Waals surface area contributed by atoms with Crippen molar-refractivity contribution in [2.24, 2.45) is 11.8 Å². The van der Waals surface area contributed by atoms with Gasteiger partial charge >= 0.3 is 5.97 Å². The topological polar surface area (TPSA) is 63.6 Å². The van der Waals surface area contributed by atoms with Crippen molar-refractivity contribution in [3.05, 3.63) is 29.8 Å². The van der Waals surface area contributed by atoms with Crippen LogP contribution in [-0.4, -0.2) is 32.7 Å². The lowest BCUT2D eigenvalue weighted by molar-refractivity contribution is -0.164. The quantitative estimate of drug-likeness (QED) is 0.781. The summed E-state index contributed by atoms with van der Waals surface area (Å²) in [4.78, 5) is 13.3. The normalized spacial score (nSPS) is 26.2. The van der Waals surface area contributed by atoms with E-state index in [1.807, 2.05) is 45.0 Å². The molecule has 4 atom stereocenters. The minimum Gasteiger partial charge on any atom is -0.466 e. The average molecular weight is 367 g/mol. The number of hydrogen-bond acceptors (Lipinski definition) is 4. The zero-order valence-electron chi connectivity index (χ0n) is 15.7. The van der Waals surface area contributed by atoms with Crippen molar-refractivity contribution in [1.82, 2.24) is 0 Å². The molecule has 4 nitrogen and oxygen atoms in total. The Balaban J connectivity index is 2.38. The molecule has 1 saturated carbocycles. The first-order chi connectivity index (χ1) is 11.8. The Kier molecular flexibility index (Phi) is 6.80. The van der Waals surface area contributed by atoms with E-state index < -0.39 is 27.6 Å². The van der Waals surface area contributed by atoms with Crippen LogP contribution >= 0.6 is 0 Å².